The summed E-state index contributed by atoms with van der Waals surface area (Å²) in [6.07, 6.45) is -8.52. The minimum absolute atomic E-state index is 1.77. The number of alkyl halides is 41. The molecular weight excluding hydrogens is 1030 g/mol. The molecule has 0 fully saturated rings. The zero-order valence-electron chi connectivity index (χ0n) is 26.5. The van der Waals surface area contributed by atoms with Gasteiger partial charge in [0.25, 0.3) is 0 Å². The number of halogens is 41. The van der Waals surface area contributed by atoms with Gasteiger partial charge < -0.3 is 0 Å². The van der Waals surface area contributed by atoms with Gasteiger partial charge in [-0.05, 0) is 0 Å². The molecule has 0 radical (unpaired) electrons. The Morgan fingerprint density at radius 1 is 0.129 bits per heavy atom. The minimum Gasteiger partial charge on any atom is -0.200 e. The third kappa shape index (κ3) is 6.37. The van der Waals surface area contributed by atoms with E-state index >= 15 is 0 Å². The summed E-state index contributed by atoms with van der Waals surface area (Å²) in [5.74, 6) is -188. The summed E-state index contributed by atoms with van der Waals surface area (Å²) < 4.78 is 553. The third-order valence-corrected chi connectivity index (χ3v) is 7.61. The standard InChI is InChI=1S/C21H3F41/c1-2(22,23)3(24,25)4(26,27)5(28,29)6(30,31)7(32,33)8(34,35)9(36,37)10(38,39)11(40,41)12(42,43)13(44,45)14(46,47)15(48,49)16(50,51)17(52,53)18(54,55)19(56,57)20(58,59)21(60,61)62/h1H3. The molecule has 0 amide bonds. The van der Waals surface area contributed by atoms with Gasteiger partial charge in [0, 0.05) is 6.92 Å². The Labute approximate surface area is 307 Å². The Balaban J connectivity index is 7.98. The van der Waals surface area contributed by atoms with Crippen LogP contribution < -0.4 is 0 Å². The lowest BCUT2D eigenvalue weighted by molar-refractivity contribution is -0.495. The zero-order valence-corrected chi connectivity index (χ0v) is 26.5. The van der Waals surface area contributed by atoms with E-state index in [9.17, 15) is 180 Å². The lowest BCUT2D eigenvalue weighted by atomic mass is 9.82. The molecule has 0 aliphatic rings. The summed E-state index contributed by atoms with van der Waals surface area (Å²) in [7, 11) is 0. The van der Waals surface area contributed by atoms with Crippen LogP contribution >= 0.6 is 0 Å². The third-order valence-electron chi connectivity index (χ3n) is 7.61. The largest absolute Gasteiger partial charge is 0.460 e. The van der Waals surface area contributed by atoms with Crippen LogP contribution in [-0.4, -0.2) is 119 Å². The van der Waals surface area contributed by atoms with Crippen molar-refractivity contribution in [3.8, 4) is 0 Å². The highest BCUT2D eigenvalue weighted by Gasteiger charge is 3.03. The molecule has 62 heavy (non-hydrogen) atoms. The van der Waals surface area contributed by atoms with Crippen molar-refractivity contribution in [2.45, 2.75) is 126 Å². The van der Waals surface area contributed by atoms with Crippen molar-refractivity contribution < 1.29 is 180 Å². The highest BCUT2D eigenvalue weighted by molar-refractivity contribution is 5.23. The van der Waals surface area contributed by atoms with Crippen molar-refractivity contribution >= 4 is 0 Å². The van der Waals surface area contributed by atoms with E-state index in [-0.39, 0.29) is 0 Å². The maximum absolute atomic E-state index is 13.9. The normalized spacial score (nSPS) is 17.5. The Morgan fingerprint density at radius 3 is 0.290 bits per heavy atom. The molecule has 0 spiro atoms. The summed E-state index contributed by atoms with van der Waals surface area (Å²) in [5, 5.41) is 0. The number of hydrogen-bond donors (Lipinski definition) is 0. The molecule has 0 aliphatic heterocycles. The smallest absolute Gasteiger partial charge is 0.200 e. The molecule has 0 saturated heterocycles. The molecule has 0 rings (SSSR count). The van der Waals surface area contributed by atoms with Crippen LogP contribution in [0.1, 0.15) is 6.92 Å². The fourth-order valence-corrected chi connectivity index (χ4v) is 3.61. The molecule has 41 heteroatoms. The Bertz CT molecular complexity index is 1500. The van der Waals surface area contributed by atoms with Crippen molar-refractivity contribution in [2.24, 2.45) is 0 Å². The second-order valence-corrected chi connectivity index (χ2v) is 11.7. The van der Waals surface area contributed by atoms with Crippen LogP contribution in [0.15, 0.2) is 0 Å². The van der Waals surface area contributed by atoms with Gasteiger partial charge in [0.15, 0.2) is 0 Å². The topological polar surface area (TPSA) is 0 Å². The molecule has 0 saturated carbocycles. The molecule has 0 nitrogen and oxygen atoms in total. The average Bonchev–Trinajstić information content (AvgIpc) is 3.01. The van der Waals surface area contributed by atoms with Crippen molar-refractivity contribution in [3.63, 3.8) is 0 Å². The summed E-state index contributed by atoms with van der Waals surface area (Å²) >= 11 is 0. The second-order valence-electron chi connectivity index (χ2n) is 11.7. The van der Waals surface area contributed by atoms with Crippen LogP contribution in [0.2, 0.25) is 0 Å². The molecule has 0 aliphatic carbocycles. The fourth-order valence-electron chi connectivity index (χ4n) is 3.61. The highest BCUT2D eigenvalue weighted by Crippen LogP contribution is 2.71. The fraction of sp³-hybridized carbons (Fsp3) is 1.00. The van der Waals surface area contributed by atoms with Crippen LogP contribution in [0.5, 0.6) is 0 Å². The lowest BCUT2D eigenvalue weighted by Gasteiger charge is -2.47. The van der Waals surface area contributed by atoms with Crippen LogP contribution in [0.25, 0.3) is 0 Å². The molecule has 374 valence electrons. The number of hydrogen-bond acceptors (Lipinski definition) is 0. The van der Waals surface area contributed by atoms with E-state index in [4.69, 9.17) is 0 Å². The Hall–Kier alpha value is -2.87. The van der Waals surface area contributed by atoms with Gasteiger partial charge in [-0.15, -0.1) is 0 Å². The van der Waals surface area contributed by atoms with E-state index in [0.29, 0.717) is 0 Å². The van der Waals surface area contributed by atoms with E-state index < -0.39 is 126 Å². The van der Waals surface area contributed by atoms with Crippen LogP contribution in [0, 0.1) is 0 Å². The maximum Gasteiger partial charge on any atom is 0.460 e. The average molecular weight is 1030 g/mol. The first-order valence-electron chi connectivity index (χ1n) is 13.0. The van der Waals surface area contributed by atoms with E-state index in [1.165, 1.54) is 0 Å². The van der Waals surface area contributed by atoms with Gasteiger partial charge in [-0.2, -0.15) is 180 Å². The van der Waals surface area contributed by atoms with Gasteiger partial charge in [-0.3, -0.25) is 0 Å². The predicted molar refractivity (Wildman–Crippen MR) is 106 cm³/mol. The summed E-state index contributed by atoms with van der Waals surface area (Å²) in [5.41, 5.74) is 0. The van der Waals surface area contributed by atoms with E-state index in [2.05, 4.69) is 0 Å². The molecule has 0 aromatic carbocycles. The zero-order chi connectivity index (χ0) is 52.0. The van der Waals surface area contributed by atoms with Gasteiger partial charge >= 0.3 is 119 Å². The van der Waals surface area contributed by atoms with Crippen molar-refractivity contribution in [3.05, 3.63) is 0 Å². The van der Waals surface area contributed by atoms with Crippen molar-refractivity contribution in [1.29, 1.82) is 0 Å². The summed E-state index contributed by atoms with van der Waals surface area (Å²) in [4.78, 5) is 0. The van der Waals surface area contributed by atoms with Gasteiger partial charge in [0.05, 0.1) is 0 Å². The van der Waals surface area contributed by atoms with Crippen LogP contribution in [0.4, 0.5) is 180 Å². The van der Waals surface area contributed by atoms with Crippen LogP contribution in [-0.2, 0) is 0 Å². The van der Waals surface area contributed by atoms with E-state index in [1.807, 2.05) is 0 Å². The SMILES string of the molecule is CC(F)(F)C(F)(F)C(F)(F)C(F)(F)C(F)(F)C(F)(F)C(F)(F)C(F)(F)C(F)(F)C(F)(F)C(F)(F)C(F)(F)C(F)(F)C(F)(F)C(F)(F)C(F)(F)C(F)(F)C(F)(F)C(F)(F)C(F)(F)F. The first kappa shape index (κ1) is 59.1. The Morgan fingerprint density at radius 2 is 0.210 bits per heavy atom. The molecule has 0 N–H and O–H groups in total. The van der Waals surface area contributed by atoms with Crippen LogP contribution in [0.3, 0.4) is 0 Å². The molecule has 0 heterocycles. The van der Waals surface area contributed by atoms with Crippen molar-refractivity contribution in [2.75, 3.05) is 0 Å². The van der Waals surface area contributed by atoms with E-state index in [0.717, 1.165) is 0 Å². The summed E-state index contributed by atoms with van der Waals surface area (Å²) in [6, 6.07) is 0. The minimum atomic E-state index is -10.6. The number of rotatable bonds is 18. The molecule has 0 atom stereocenters. The maximum atomic E-state index is 13.9. The molecule has 0 bridgehead atoms. The summed E-state index contributed by atoms with van der Waals surface area (Å²) in [6.45, 7) is -1.77. The lowest BCUT2D eigenvalue weighted by Crippen LogP contribution is -2.80. The van der Waals surface area contributed by atoms with Gasteiger partial charge in [0.2, 0.25) is 0 Å². The first-order valence-corrected chi connectivity index (χ1v) is 13.0. The molecular formula is C21H3F41. The molecule has 0 unspecified atom stereocenters. The quantitative estimate of drug-likeness (QED) is 0.120. The van der Waals surface area contributed by atoms with Gasteiger partial charge in [0.1, 0.15) is 0 Å². The second kappa shape index (κ2) is 13.8. The highest BCUT2D eigenvalue weighted by atomic mass is 19.4. The van der Waals surface area contributed by atoms with Crippen molar-refractivity contribution in [1.82, 2.24) is 0 Å². The van der Waals surface area contributed by atoms with Gasteiger partial charge in [-0.1, -0.05) is 0 Å². The Kier molecular flexibility index (Phi) is 13.2. The van der Waals surface area contributed by atoms with Gasteiger partial charge in [-0.25, -0.2) is 0 Å². The monoisotopic (exact) mass is 1030 g/mol. The first-order chi connectivity index (χ1) is 25.8. The predicted octanol–water partition coefficient (Wildman–Crippen LogP) is 13.6. The van der Waals surface area contributed by atoms with E-state index in [1.54, 1.807) is 0 Å². The molecule has 0 aromatic rings. The molecule has 0 aromatic heterocycles.